The first kappa shape index (κ1) is 22.9. The molecule has 4 heteroatoms. The SMILES string of the molecule is CC/C=C/CC1(C)C=C(C)C=CC(OC(F)(F)C2CCC(CCCN)CC2)=C1. The van der Waals surface area contributed by atoms with Gasteiger partial charge in [-0.3, -0.25) is 0 Å². The lowest BCUT2D eigenvalue weighted by atomic mass is 9.79. The Hall–Kier alpha value is -1.42. The molecular weight excluding hydrogens is 356 g/mol. The van der Waals surface area contributed by atoms with E-state index in [9.17, 15) is 8.78 Å². The number of halogens is 2. The Labute approximate surface area is 169 Å². The van der Waals surface area contributed by atoms with Crippen LogP contribution in [-0.2, 0) is 4.74 Å². The molecule has 28 heavy (non-hydrogen) atoms. The summed E-state index contributed by atoms with van der Waals surface area (Å²) in [5, 5.41) is 0. The molecule has 0 aliphatic heterocycles. The Morgan fingerprint density at radius 1 is 1.18 bits per heavy atom. The van der Waals surface area contributed by atoms with Gasteiger partial charge in [0.05, 0.1) is 5.92 Å². The fraction of sp³-hybridized carbons (Fsp3) is 0.667. The van der Waals surface area contributed by atoms with E-state index < -0.39 is 12.0 Å². The maximum atomic E-state index is 14.9. The summed E-state index contributed by atoms with van der Waals surface area (Å²) >= 11 is 0. The van der Waals surface area contributed by atoms with Gasteiger partial charge in [-0.25, -0.2) is 0 Å². The van der Waals surface area contributed by atoms with Gasteiger partial charge in [0.1, 0.15) is 5.76 Å². The molecular formula is C24H37F2NO. The standard InChI is InChI=1S/C24H37F2NO/c1-4-5-6-15-23(3)17-19(2)9-14-22(18-23)28-24(25,26)21-12-10-20(11-13-21)8-7-16-27/h5-6,9,14,17-18,20-21H,4,7-8,10-13,15-16,27H2,1-3H3/b6-5+. The summed E-state index contributed by atoms with van der Waals surface area (Å²) < 4.78 is 35.2. The maximum absolute atomic E-state index is 14.9. The predicted octanol–water partition coefficient (Wildman–Crippen LogP) is 6.90. The summed E-state index contributed by atoms with van der Waals surface area (Å²) in [6.45, 7) is 6.83. The number of alkyl halides is 2. The summed E-state index contributed by atoms with van der Waals surface area (Å²) in [5.74, 6) is 0.100. The zero-order valence-corrected chi connectivity index (χ0v) is 17.7. The van der Waals surface area contributed by atoms with Crippen molar-refractivity contribution in [2.24, 2.45) is 23.0 Å². The van der Waals surface area contributed by atoms with Crippen LogP contribution in [0.5, 0.6) is 0 Å². The molecule has 0 aromatic carbocycles. The lowest BCUT2D eigenvalue weighted by molar-refractivity contribution is -0.254. The summed E-state index contributed by atoms with van der Waals surface area (Å²) in [5.41, 5.74) is 6.30. The minimum atomic E-state index is -3.13. The largest absolute Gasteiger partial charge is 0.433 e. The number of allylic oxidation sites excluding steroid dienone is 7. The molecule has 2 aliphatic rings. The maximum Gasteiger partial charge on any atom is 0.400 e. The van der Waals surface area contributed by atoms with Gasteiger partial charge in [0.2, 0.25) is 0 Å². The average Bonchev–Trinajstić information content (AvgIpc) is 2.78. The average molecular weight is 394 g/mol. The van der Waals surface area contributed by atoms with Crippen molar-refractivity contribution in [2.75, 3.05) is 6.54 Å². The monoisotopic (exact) mass is 393 g/mol. The Morgan fingerprint density at radius 3 is 2.54 bits per heavy atom. The molecule has 0 spiro atoms. The highest BCUT2D eigenvalue weighted by molar-refractivity contribution is 5.33. The molecule has 0 bridgehead atoms. The second-order valence-electron chi connectivity index (χ2n) is 8.67. The van der Waals surface area contributed by atoms with Crippen molar-refractivity contribution in [3.63, 3.8) is 0 Å². The van der Waals surface area contributed by atoms with E-state index in [0.717, 1.165) is 44.1 Å². The Balaban J connectivity index is 2.04. The van der Waals surface area contributed by atoms with Gasteiger partial charge in [0.25, 0.3) is 0 Å². The molecule has 2 rings (SSSR count). The zero-order chi connectivity index (χ0) is 20.6. The second kappa shape index (κ2) is 10.4. The molecule has 0 heterocycles. The van der Waals surface area contributed by atoms with Gasteiger partial charge in [-0.1, -0.05) is 43.7 Å². The van der Waals surface area contributed by atoms with Gasteiger partial charge in [0.15, 0.2) is 0 Å². The molecule has 1 fully saturated rings. The minimum Gasteiger partial charge on any atom is -0.433 e. The number of ether oxygens (including phenoxy) is 1. The molecule has 0 aromatic rings. The number of hydrogen-bond donors (Lipinski definition) is 1. The van der Waals surface area contributed by atoms with Crippen molar-refractivity contribution in [1.29, 1.82) is 0 Å². The fourth-order valence-electron chi connectivity index (χ4n) is 4.32. The number of rotatable bonds is 9. The molecule has 1 saturated carbocycles. The quantitative estimate of drug-likeness (QED) is 0.432. The molecule has 2 N–H and O–H groups in total. The van der Waals surface area contributed by atoms with Crippen LogP contribution in [0.2, 0.25) is 0 Å². The Morgan fingerprint density at radius 2 is 1.89 bits per heavy atom. The van der Waals surface area contributed by atoms with Gasteiger partial charge in [0, 0.05) is 5.41 Å². The van der Waals surface area contributed by atoms with E-state index in [1.54, 1.807) is 6.08 Å². The van der Waals surface area contributed by atoms with Gasteiger partial charge in [-0.05, 0) is 82.9 Å². The molecule has 1 unspecified atom stereocenters. The first-order valence-corrected chi connectivity index (χ1v) is 10.8. The third kappa shape index (κ3) is 6.88. The molecule has 158 valence electrons. The first-order valence-electron chi connectivity index (χ1n) is 10.8. The van der Waals surface area contributed by atoms with Crippen molar-refractivity contribution < 1.29 is 13.5 Å². The van der Waals surface area contributed by atoms with Crippen LogP contribution in [0.3, 0.4) is 0 Å². The van der Waals surface area contributed by atoms with E-state index in [1.165, 1.54) is 0 Å². The van der Waals surface area contributed by atoms with Crippen molar-refractivity contribution in [3.8, 4) is 0 Å². The van der Waals surface area contributed by atoms with Crippen LogP contribution in [0, 0.1) is 17.3 Å². The van der Waals surface area contributed by atoms with Crippen LogP contribution >= 0.6 is 0 Å². The van der Waals surface area contributed by atoms with Crippen LogP contribution in [0.25, 0.3) is 0 Å². The molecule has 0 amide bonds. The van der Waals surface area contributed by atoms with Crippen LogP contribution in [0.15, 0.2) is 47.8 Å². The molecule has 1 atom stereocenters. The molecule has 2 nitrogen and oxygen atoms in total. The van der Waals surface area contributed by atoms with E-state index in [0.29, 0.717) is 25.3 Å². The van der Waals surface area contributed by atoms with Crippen molar-refractivity contribution in [1.82, 2.24) is 0 Å². The van der Waals surface area contributed by atoms with Crippen LogP contribution < -0.4 is 5.73 Å². The Bertz CT molecular complexity index is 612. The smallest absolute Gasteiger partial charge is 0.400 e. The molecule has 2 aliphatic carbocycles. The van der Waals surface area contributed by atoms with Crippen LogP contribution in [0.1, 0.15) is 72.1 Å². The predicted molar refractivity (Wildman–Crippen MR) is 113 cm³/mol. The lowest BCUT2D eigenvalue weighted by Gasteiger charge is -2.34. The second-order valence-corrected chi connectivity index (χ2v) is 8.67. The fourth-order valence-corrected chi connectivity index (χ4v) is 4.32. The number of nitrogens with two attached hydrogens (primary N) is 1. The van der Waals surface area contributed by atoms with Gasteiger partial charge >= 0.3 is 6.11 Å². The van der Waals surface area contributed by atoms with Gasteiger partial charge in [-0.15, -0.1) is 0 Å². The normalized spacial score (nSPS) is 28.8. The number of hydrogen-bond acceptors (Lipinski definition) is 2. The topological polar surface area (TPSA) is 35.2 Å². The molecule has 0 radical (unpaired) electrons. The van der Waals surface area contributed by atoms with Crippen molar-refractivity contribution in [2.45, 2.75) is 78.2 Å². The highest BCUT2D eigenvalue weighted by Crippen LogP contribution is 2.42. The highest BCUT2D eigenvalue weighted by Gasteiger charge is 2.44. The van der Waals surface area contributed by atoms with Crippen LogP contribution in [-0.4, -0.2) is 12.7 Å². The summed E-state index contributed by atoms with van der Waals surface area (Å²) in [6.07, 6.45) is 15.1. The van der Waals surface area contributed by atoms with Crippen molar-refractivity contribution >= 4 is 0 Å². The summed E-state index contributed by atoms with van der Waals surface area (Å²) in [6, 6.07) is 0. The van der Waals surface area contributed by atoms with E-state index in [1.807, 2.05) is 19.1 Å². The molecule has 0 saturated heterocycles. The highest BCUT2D eigenvalue weighted by atomic mass is 19.3. The zero-order valence-electron chi connectivity index (χ0n) is 17.7. The van der Waals surface area contributed by atoms with E-state index >= 15 is 0 Å². The molecule has 0 aromatic heterocycles. The lowest BCUT2D eigenvalue weighted by Crippen LogP contribution is -2.34. The van der Waals surface area contributed by atoms with Gasteiger partial charge < -0.3 is 10.5 Å². The van der Waals surface area contributed by atoms with E-state index in [4.69, 9.17) is 10.5 Å². The van der Waals surface area contributed by atoms with Crippen LogP contribution in [0.4, 0.5) is 8.78 Å². The van der Waals surface area contributed by atoms with E-state index in [2.05, 4.69) is 32.1 Å². The minimum absolute atomic E-state index is 0.274. The third-order valence-electron chi connectivity index (χ3n) is 5.89. The van der Waals surface area contributed by atoms with Gasteiger partial charge in [-0.2, -0.15) is 8.78 Å². The summed E-state index contributed by atoms with van der Waals surface area (Å²) in [7, 11) is 0. The third-order valence-corrected chi connectivity index (χ3v) is 5.89. The first-order chi connectivity index (χ1) is 13.3. The van der Waals surface area contributed by atoms with Crippen molar-refractivity contribution in [3.05, 3.63) is 47.8 Å². The van der Waals surface area contributed by atoms with E-state index in [-0.39, 0.29) is 11.2 Å². The summed E-state index contributed by atoms with van der Waals surface area (Å²) in [4.78, 5) is 0. The Kier molecular flexibility index (Phi) is 8.48.